The molecule has 0 saturated carbocycles. The van der Waals surface area contributed by atoms with Crippen LogP contribution in [0.1, 0.15) is 19.4 Å². The minimum atomic E-state index is -0.816. The van der Waals surface area contributed by atoms with Crippen molar-refractivity contribution in [1.82, 2.24) is 0 Å². The first-order valence-electron chi connectivity index (χ1n) is 5.17. The number of carbonyl (C=O) groups is 1. The minimum absolute atomic E-state index is 0.170. The maximum Gasteiger partial charge on any atom is 0.308 e. The number of benzene rings is 1. The van der Waals surface area contributed by atoms with Crippen LogP contribution < -0.4 is 5.32 Å². The van der Waals surface area contributed by atoms with Gasteiger partial charge < -0.3 is 10.4 Å². The number of nitrogens with one attached hydrogen (secondary N) is 1. The van der Waals surface area contributed by atoms with Crippen LogP contribution >= 0.6 is 11.6 Å². The number of rotatable bonds is 4. The molecule has 0 aliphatic heterocycles. The zero-order chi connectivity index (χ0) is 12.3. The Morgan fingerprint density at radius 2 is 2.06 bits per heavy atom. The third-order valence-electron chi connectivity index (χ3n) is 2.64. The number of aliphatic carboxylic acids is 1. The summed E-state index contributed by atoms with van der Waals surface area (Å²) in [7, 11) is 0. The molecule has 0 fully saturated rings. The van der Waals surface area contributed by atoms with E-state index in [2.05, 4.69) is 5.32 Å². The lowest BCUT2D eigenvalue weighted by atomic mass is 10.0. The molecule has 0 aliphatic carbocycles. The Bertz CT molecular complexity index is 393. The Hall–Kier alpha value is -1.22. The van der Waals surface area contributed by atoms with Gasteiger partial charge in [0.2, 0.25) is 0 Å². The van der Waals surface area contributed by atoms with E-state index in [0.29, 0.717) is 5.02 Å². The van der Waals surface area contributed by atoms with Crippen LogP contribution in [0.4, 0.5) is 5.69 Å². The first-order valence-corrected chi connectivity index (χ1v) is 5.55. The molecule has 1 aromatic carbocycles. The molecule has 0 bridgehead atoms. The second-order valence-electron chi connectivity index (χ2n) is 4.04. The van der Waals surface area contributed by atoms with E-state index < -0.39 is 11.9 Å². The molecule has 0 heterocycles. The van der Waals surface area contributed by atoms with Gasteiger partial charge in [-0.1, -0.05) is 17.7 Å². The molecule has 0 aromatic heterocycles. The second-order valence-corrected chi connectivity index (χ2v) is 4.45. The topological polar surface area (TPSA) is 49.3 Å². The Kier molecular flexibility index (Phi) is 4.19. The molecule has 2 atom stereocenters. The normalized spacial score (nSPS) is 14.2. The van der Waals surface area contributed by atoms with Crippen LogP contribution in [0.5, 0.6) is 0 Å². The molecule has 1 rings (SSSR count). The highest BCUT2D eigenvalue weighted by atomic mass is 35.5. The summed E-state index contributed by atoms with van der Waals surface area (Å²) in [4.78, 5) is 10.8. The molecule has 0 saturated heterocycles. The SMILES string of the molecule is Cc1ccc(Cl)c(NC(C)C(C)C(=O)O)c1. The zero-order valence-electron chi connectivity index (χ0n) is 9.62. The van der Waals surface area contributed by atoms with Gasteiger partial charge in [0.15, 0.2) is 0 Å². The molecule has 0 aliphatic rings. The Balaban J connectivity index is 2.80. The van der Waals surface area contributed by atoms with Crippen molar-refractivity contribution in [3.8, 4) is 0 Å². The van der Waals surface area contributed by atoms with Gasteiger partial charge in [-0.25, -0.2) is 0 Å². The molecule has 1 aromatic rings. The molecule has 0 spiro atoms. The summed E-state index contributed by atoms with van der Waals surface area (Å²) in [5, 5.41) is 12.6. The lowest BCUT2D eigenvalue weighted by molar-refractivity contribution is -0.141. The van der Waals surface area contributed by atoms with Crippen LogP contribution in [-0.2, 0) is 4.79 Å². The predicted octanol–water partition coefficient (Wildman–Crippen LogP) is 3.17. The number of hydrogen-bond donors (Lipinski definition) is 2. The van der Waals surface area contributed by atoms with E-state index in [-0.39, 0.29) is 6.04 Å². The van der Waals surface area contributed by atoms with E-state index in [0.717, 1.165) is 11.3 Å². The fourth-order valence-corrected chi connectivity index (χ4v) is 1.51. The number of aryl methyl sites for hydroxylation is 1. The van der Waals surface area contributed by atoms with Crippen LogP contribution in [-0.4, -0.2) is 17.1 Å². The summed E-state index contributed by atoms with van der Waals surface area (Å²) in [6.45, 7) is 5.47. The number of anilines is 1. The number of hydrogen-bond acceptors (Lipinski definition) is 2. The average molecular weight is 242 g/mol. The predicted molar refractivity (Wildman–Crippen MR) is 66.1 cm³/mol. The highest BCUT2D eigenvalue weighted by Crippen LogP contribution is 2.24. The van der Waals surface area contributed by atoms with Crippen molar-refractivity contribution in [2.45, 2.75) is 26.8 Å². The van der Waals surface area contributed by atoms with Gasteiger partial charge >= 0.3 is 5.97 Å². The smallest absolute Gasteiger partial charge is 0.308 e. The molecule has 2 unspecified atom stereocenters. The number of halogens is 1. The van der Waals surface area contributed by atoms with Gasteiger partial charge in [-0.3, -0.25) is 4.79 Å². The highest BCUT2D eigenvalue weighted by molar-refractivity contribution is 6.33. The van der Waals surface area contributed by atoms with E-state index in [1.807, 2.05) is 26.0 Å². The highest BCUT2D eigenvalue weighted by Gasteiger charge is 2.19. The molecular weight excluding hydrogens is 226 g/mol. The average Bonchev–Trinajstić information content (AvgIpc) is 2.22. The molecule has 3 nitrogen and oxygen atoms in total. The van der Waals surface area contributed by atoms with Crippen LogP contribution in [0.3, 0.4) is 0 Å². The van der Waals surface area contributed by atoms with E-state index in [1.54, 1.807) is 13.0 Å². The standard InChI is InChI=1S/C12H16ClNO2/c1-7-4-5-10(13)11(6-7)14-9(3)8(2)12(15)16/h4-6,8-9,14H,1-3H3,(H,15,16). The van der Waals surface area contributed by atoms with Crippen LogP contribution in [0, 0.1) is 12.8 Å². The van der Waals surface area contributed by atoms with Gasteiger partial charge in [-0.2, -0.15) is 0 Å². The van der Waals surface area contributed by atoms with Crippen LogP contribution in [0.2, 0.25) is 5.02 Å². The summed E-state index contributed by atoms with van der Waals surface area (Å²) in [6, 6.07) is 5.46. The molecule has 0 amide bonds. The maximum atomic E-state index is 10.8. The maximum absolute atomic E-state index is 10.8. The third-order valence-corrected chi connectivity index (χ3v) is 2.97. The molecule has 0 radical (unpaired) electrons. The summed E-state index contributed by atoms with van der Waals surface area (Å²) >= 11 is 6.01. The second kappa shape index (κ2) is 5.21. The van der Waals surface area contributed by atoms with Crippen molar-refractivity contribution in [1.29, 1.82) is 0 Å². The monoisotopic (exact) mass is 241 g/mol. The first-order chi connectivity index (χ1) is 7.41. The molecule has 88 valence electrons. The fourth-order valence-electron chi connectivity index (χ4n) is 1.33. The zero-order valence-corrected chi connectivity index (χ0v) is 10.4. The molecular formula is C12H16ClNO2. The lowest BCUT2D eigenvalue weighted by Gasteiger charge is -2.20. The van der Waals surface area contributed by atoms with E-state index >= 15 is 0 Å². The lowest BCUT2D eigenvalue weighted by Crippen LogP contribution is -2.29. The van der Waals surface area contributed by atoms with Crippen molar-refractivity contribution in [3.05, 3.63) is 28.8 Å². The Morgan fingerprint density at radius 3 is 2.62 bits per heavy atom. The Morgan fingerprint density at radius 1 is 1.44 bits per heavy atom. The largest absolute Gasteiger partial charge is 0.481 e. The summed E-state index contributed by atoms with van der Waals surface area (Å²) in [5.74, 6) is -1.28. The summed E-state index contributed by atoms with van der Waals surface area (Å²) < 4.78 is 0. The van der Waals surface area contributed by atoms with E-state index in [4.69, 9.17) is 16.7 Å². The van der Waals surface area contributed by atoms with Gasteiger partial charge in [-0.05, 0) is 38.5 Å². The van der Waals surface area contributed by atoms with Crippen molar-refractivity contribution in [2.75, 3.05) is 5.32 Å². The number of carboxylic acid groups (broad SMARTS) is 1. The molecule has 4 heteroatoms. The quantitative estimate of drug-likeness (QED) is 0.851. The summed E-state index contributed by atoms with van der Waals surface area (Å²) in [6.07, 6.45) is 0. The molecule has 2 N–H and O–H groups in total. The van der Waals surface area contributed by atoms with Crippen molar-refractivity contribution >= 4 is 23.3 Å². The van der Waals surface area contributed by atoms with Gasteiger partial charge in [-0.15, -0.1) is 0 Å². The van der Waals surface area contributed by atoms with Gasteiger partial charge in [0.25, 0.3) is 0 Å². The van der Waals surface area contributed by atoms with Crippen LogP contribution in [0.15, 0.2) is 18.2 Å². The fraction of sp³-hybridized carbons (Fsp3) is 0.417. The first kappa shape index (κ1) is 12.8. The van der Waals surface area contributed by atoms with Gasteiger partial charge in [0.05, 0.1) is 16.6 Å². The van der Waals surface area contributed by atoms with E-state index in [1.165, 1.54) is 0 Å². The molecule has 16 heavy (non-hydrogen) atoms. The van der Waals surface area contributed by atoms with Gasteiger partial charge in [0, 0.05) is 6.04 Å². The number of carboxylic acids is 1. The summed E-state index contributed by atoms with van der Waals surface area (Å²) in [5.41, 5.74) is 1.87. The third kappa shape index (κ3) is 3.14. The van der Waals surface area contributed by atoms with Crippen LogP contribution in [0.25, 0.3) is 0 Å². The van der Waals surface area contributed by atoms with Gasteiger partial charge in [0.1, 0.15) is 0 Å². The van der Waals surface area contributed by atoms with Crippen molar-refractivity contribution < 1.29 is 9.90 Å². The minimum Gasteiger partial charge on any atom is -0.481 e. The van der Waals surface area contributed by atoms with E-state index in [9.17, 15) is 4.79 Å². The van der Waals surface area contributed by atoms with Crippen molar-refractivity contribution in [2.24, 2.45) is 5.92 Å². The Labute approximate surface area is 100 Å². The van der Waals surface area contributed by atoms with Crippen molar-refractivity contribution in [3.63, 3.8) is 0 Å².